The van der Waals surface area contributed by atoms with Gasteiger partial charge in [0.05, 0.1) is 12.6 Å². The van der Waals surface area contributed by atoms with Crippen LogP contribution in [0, 0.1) is 0 Å². The Balaban J connectivity index is 1.55. The molecule has 1 saturated heterocycles. The molecule has 0 aromatic carbocycles. The lowest BCUT2D eigenvalue weighted by molar-refractivity contribution is 0.115. The van der Waals surface area contributed by atoms with Gasteiger partial charge in [-0.25, -0.2) is 0 Å². The summed E-state index contributed by atoms with van der Waals surface area (Å²) in [5.74, 6) is 0.674. The largest absolute Gasteiger partial charge is 0.407 e. The molecule has 0 amide bonds. The number of ether oxygens (including phenoxy) is 1. The Hall–Kier alpha value is -1.14. The van der Waals surface area contributed by atoms with Gasteiger partial charge >= 0.3 is 6.01 Å². The van der Waals surface area contributed by atoms with E-state index in [9.17, 15) is 0 Å². The van der Waals surface area contributed by atoms with E-state index in [1.807, 2.05) is 0 Å². The van der Waals surface area contributed by atoms with E-state index >= 15 is 0 Å². The first-order valence-corrected chi connectivity index (χ1v) is 7.27. The molecule has 1 aromatic rings. The summed E-state index contributed by atoms with van der Waals surface area (Å²) in [6, 6.07) is 1.27. The third-order valence-electron chi connectivity index (χ3n) is 3.68. The second kappa shape index (κ2) is 5.88. The summed E-state index contributed by atoms with van der Waals surface area (Å²) in [6.07, 6.45) is 5.12. The van der Waals surface area contributed by atoms with Crippen LogP contribution in [0.15, 0.2) is 4.42 Å². The number of hydrogen-bond donors (Lipinski definition) is 1. The van der Waals surface area contributed by atoms with Gasteiger partial charge in [0.2, 0.25) is 5.89 Å². The normalized spacial score (nSPS) is 22.9. The van der Waals surface area contributed by atoms with Gasteiger partial charge in [0, 0.05) is 25.7 Å². The molecule has 0 radical (unpaired) electrons. The predicted molar refractivity (Wildman–Crippen MR) is 71.0 cm³/mol. The van der Waals surface area contributed by atoms with Crippen molar-refractivity contribution >= 4 is 6.01 Å². The first-order chi connectivity index (χ1) is 9.35. The minimum absolute atomic E-state index is 0.305. The van der Waals surface area contributed by atoms with Crippen LogP contribution in [0.5, 0.6) is 0 Å². The van der Waals surface area contributed by atoms with Crippen LogP contribution in [0.3, 0.4) is 0 Å². The van der Waals surface area contributed by atoms with E-state index in [2.05, 4.69) is 27.3 Å². The monoisotopic (exact) mass is 266 g/mol. The summed E-state index contributed by atoms with van der Waals surface area (Å²) >= 11 is 0. The van der Waals surface area contributed by atoms with Gasteiger partial charge in [0.15, 0.2) is 0 Å². The number of nitrogens with zero attached hydrogens (tertiary/aromatic N) is 3. The van der Waals surface area contributed by atoms with Crippen molar-refractivity contribution < 1.29 is 9.15 Å². The molecule has 1 aliphatic carbocycles. The Labute approximate surface area is 113 Å². The lowest BCUT2D eigenvalue weighted by atomic mass is 10.2. The third kappa shape index (κ3) is 3.45. The fraction of sp³-hybridized carbons (Fsp3) is 0.846. The van der Waals surface area contributed by atoms with Gasteiger partial charge in [-0.05, 0) is 32.6 Å². The Kier molecular flexibility index (Phi) is 3.98. The number of anilines is 1. The molecule has 1 saturated carbocycles. The molecule has 1 N–H and O–H groups in total. The number of likely N-dealkylation sites (N-methyl/N-ethyl adjacent to an activating group) is 1. The van der Waals surface area contributed by atoms with Gasteiger partial charge in [0.25, 0.3) is 0 Å². The fourth-order valence-corrected chi connectivity index (χ4v) is 2.34. The molecule has 2 aliphatic rings. The van der Waals surface area contributed by atoms with E-state index in [0.29, 0.717) is 30.6 Å². The van der Waals surface area contributed by atoms with Crippen molar-refractivity contribution in [2.24, 2.45) is 0 Å². The molecule has 6 nitrogen and oxygen atoms in total. The lowest BCUT2D eigenvalue weighted by Crippen LogP contribution is -2.32. The van der Waals surface area contributed by atoms with Crippen LogP contribution in [-0.4, -0.2) is 42.0 Å². The van der Waals surface area contributed by atoms with E-state index in [0.717, 1.165) is 32.5 Å². The van der Waals surface area contributed by atoms with Crippen molar-refractivity contribution in [2.45, 2.75) is 51.3 Å². The molecule has 19 heavy (non-hydrogen) atoms. The number of aromatic nitrogens is 2. The molecular weight excluding hydrogens is 244 g/mol. The van der Waals surface area contributed by atoms with Crippen molar-refractivity contribution in [3.63, 3.8) is 0 Å². The van der Waals surface area contributed by atoms with E-state index in [-0.39, 0.29) is 0 Å². The Morgan fingerprint density at radius 3 is 2.89 bits per heavy atom. The molecule has 2 fully saturated rings. The molecule has 6 heteroatoms. The van der Waals surface area contributed by atoms with Crippen LogP contribution < -0.4 is 10.2 Å². The predicted octanol–water partition coefficient (Wildman–Crippen LogP) is 1.33. The standard InChI is InChI=1S/C13H22N4O2/c1-2-17(9-11-4-3-7-18-11)13-16-15-12(19-13)8-14-10-5-6-10/h10-11,14H,2-9H2,1H3. The zero-order valence-corrected chi connectivity index (χ0v) is 11.5. The summed E-state index contributed by atoms with van der Waals surface area (Å²) in [5.41, 5.74) is 0. The zero-order chi connectivity index (χ0) is 13.1. The van der Waals surface area contributed by atoms with Crippen LogP contribution in [-0.2, 0) is 11.3 Å². The average Bonchev–Trinajstić information content (AvgIpc) is 2.92. The highest BCUT2D eigenvalue weighted by molar-refractivity contribution is 5.24. The minimum Gasteiger partial charge on any atom is -0.407 e. The van der Waals surface area contributed by atoms with Gasteiger partial charge < -0.3 is 19.4 Å². The SMILES string of the molecule is CCN(CC1CCCO1)c1nnc(CNC2CC2)o1. The Bertz CT molecular complexity index is 399. The van der Waals surface area contributed by atoms with E-state index < -0.39 is 0 Å². The summed E-state index contributed by atoms with van der Waals surface area (Å²) in [5, 5.41) is 11.6. The second-order valence-corrected chi connectivity index (χ2v) is 5.31. The molecule has 1 aliphatic heterocycles. The van der Waals surface area contributed by atoms with Gasteiger partial charge in [-0.2, -0.15) is 0 Å². The van der Waals surface area contributed by atoms with Crippen LogP contribution in [0.2, 0.25) is 0 Å². The summed E-state index contributed by atoms with van der Waals surface area (Å²) < 4.78 is 11.4. The van der Waals surface area contributed by atoms with Crippen LogP contribution >= 0.6 is 0 Å². The van der Waals surface area contributed by atoms with Crippen molar-refractivity contribution in [1.82, 2.24) is 15.5 Å². The van der Waals surface area contributed by atoms with Crippen LogP contribution in [0.1, 0.15) is 38.5 Å². The van der Waals surface area contributed by atoms with Crippen molar-refractivity contribution in [2.75, 3.05) is 24.6 Å². The second-order valence-electron chi connectivity index (χ2n) is 5.31. The molecule has 2 heterocycles. The number of hydrogen-bond acceptors (Lipinski definition) is 6. The number of nitrogens with one attached hydrogen (secondary N) is 1. The first-order valence-electron chi connectivity index (χ1n) is 7.27. The molecule has 106 valence electrons. The van der Waals surface area contributed by atoms with Crippen molar-refractivity contribution in [3.8, 4) is 0 Å². The summed E-state index contributed by atoms with van der Waals surface area (Å²) in [6.45, 7) is 5.35. The highest BCUT2D eigenvalue weighted by atomic mass is 16.5. The van der Waals surface area contributed by atoms with Gasteiger partial charge in [-0.1, -0.05) is 5.10 Å². The average molecular weight is 266 g/mol. The Morgan fingerprint density at radius 2 is 2.21 bits per heavy atom. The maximum Gasteiger partial charge on any atom is 0.318 e. The maximum atomic E-state index is 5.71. The maximum absolute atomic E-state index is 5.71. The molecule has 0 bridgehead atoms. The molecule has 3 rings (SSSR count). The van der Waals surface area contributed by atoms with Crippen LogP contribution in [0.4, 0.5) is 6.01 Å². The smallest absolute Gasteiger partial charge is 0.318 e. The first kappa shape index (κ1) is 12.9. The summed E-state index contributed by atoms with van der Waals surface area (Å²) in [4.78, 5) is 2.10. The minimum atomic E-state index is 0.305. The van der Waals surface area contributed by atoms with E-state index in [1.165, 1.54) is 12.8 Å². The van der Waals surface area contributed by atoms with Gasteiger partial charge in [-0.3, -0.25) is 0 Å². The van der Waals surface area contributed by atoms with Crippen molar-refractivity contribution in [1.29, 1.82) is 0 Å². The van der Waals surface area contributed by atoms with E-state index in [4.69, 9.17) is 9.15 Å². The van der Waals surface area contributed by atoms with Crippen molar-refractivity contribution in [3.05, 3.63) is 5.89 Å². The highest BCUT2D eigenvalue weighted by Gasteiger charge is 2.23. The molecule has 1 unspecified atom stereocenters. The zero-order valence-electron chi connectivity index (χ0n) is 11.5. The summed E-state index contributed by atoms with van der Waals surface area (Å²) in [7, 11) is 0. The topological polar surface area (TPSA) is 63.4 Å². The number of rotatable bonds is 7. The molecule has 1 aromatic heterocycles. The van der Waals surface area contributed by atoms with Gasteiger partial charge in [-0.15, -0.1) is 5.10 Å². The third-order valence-corrected chi connectivity index (χ3v) is 3.68. The molecule has 1 atom stereocenters. The highest BCUT2D eigenvalue weighted by Crippen LogP contribution is 2.20. The van der Waals surface area contributed by atoms with Crippen LogP contribution in [0.25, 0.3) is 0 Å². The fourth-order valence-electron chi connectivity index (χ4n) is 2.34. The Morgan fingerprint density at radius 1 is 1.32 bits per heavy atom. The molecular formula is C13H22N4O2. The van der Waals surface area contributed by atoms with E-state index in [1.54, 1.807) is 0 Å². The lowest BCUT2D eigenvalue weighted by Gasteiger charge is -2.21. The van der Waals surface area contributed by atoms with Gasteiger partial charge in [0.1, 0.15) is 0 Å². The molecule has 0 spiro atoms. The quantitative estimate of drug-likeness (QED) is 0.803.